The lowest BCUT2D eigenvalue weighted by molar-refractivity contribution is -0.145. The maximum absolute atomic E-state index is 11.1. The predicted octanol–water partition coefficient (Wildman–Crippen LogP) is 1.74. The van der Waals surface area contributed by atoms with Crippen LogP contribution in [0.4, 0.5) is 0 Å². The van der Waals surface area contributed by atoms with E-state index in [9.17, 15) is 9.90 Å². The first-order valence-electron chi connectivity index (χ1n) is 4.64. The van der Waals surface area contributed by atoms with Gasteiger partial charge < -0.3 is 14.6 Å². The number of aliphatic hydroxyl groups excluding tert-OH is 1. The van der Waals surface area contributed by atoms with Crippen LogP contribution >= 0.6 is 11.3 Å². The third kappa shape index (κ3) is 3.53. The van der Waals surface area contributed by atoms with E-state index in [0.29, 0.717) is 16.5 Å². The fourth-order valence-corrected chi connectivity index (χ4v) is 1.91. The molecule has 84 valence electrons. The van der Waals surface area contributed by atoms with Gasteiger partial charge in [0.25, 0.3) is 0 Å². The topological polar surface area (TPSA) is 55.8 Å². The Morgan fingerprint density at radius 1 is 1.60 bits per heavy atom. The lowest BCUT2D eigenvalue weighted by Gasteiger charge is -2.07. The van der Waals surface area contributed by atoms with Gasteiger partial charge in [-0.1, -0.05) is 0 Å². The van der Waals surface area contributed by atoms with Gasteiger partial charge in [0.15, 0.2) is 5.06 Å². The second-order valence-electron chi connectivity index (χ2n) is 2.89. The summed E-state index contributed by atoms with van der Waals surface area (Å²) < 4.78 is 9.73. The van der Waals surface area contributed by atoms with E-state index in [1.807, 2.05) is 0 Å². The Bertz CT molecular complexity index is 321. The van der Waals surface area contributed by atoms with Gasteiger partial charge in [0.05, 0.1) is 26.2 Å². The van der Waals surface area contributed by atoms with Crippen molar-refractivity contribution >= 4 is 17.3 Å². The number of thiophene rings is 1. The Kier molecular flexibility index (Phi) is 4.58. The van der Waals surface area contributed by atoms with Crippen molar-refractivity contribution in [2.24, 2.45) is 0 Å². The van der Waals surface area contributed by atoms with Crippen molar-refractivity contribution in [3.63, 3.8) is 0 Å². The number of hydrogen-bond acceptors (Lipinski definition) is 5. The second-order valence-corrected chi connectivity index (χ2v) is 3.96. The number of carbonyl (C=O) groups excluding carboxylic acids is 1. The predicted molar refractivity (Wildman–Crippen MR) is 57.1 cm³/mol. The maximum Gasteiger partial charge on any atom is 0.308 e. The molecule has 0 radical (unpaired) electrons. The Balaban J connectivity index is 2.52. The first kappa shape index (κ1) is 12.0. The molecule has 0 amide bonds. The van der Waals surface area contributed by atoms with Gasteiger partial charge in [-0.15, -0.1) is 11.3 Å². The third-order valence-electron chi connectivity index (χ3n) is 1.80. The molecule has 0 fully saturated rings. The smallest absolute Gasteiger partial charge is 0.308 e. The van der Waals surface area contributed by atoms with Gasteiger partial charge in [0, 0.05) is 4.88 Å². The minimum atomic E-state index is -0.807. The standard InChI is InChI=1S/C10H14O4S/c1-3-14-9(12)6-7(11)8-4-5-10(13-2)15-8/h4-5,7,11H,3,6H2,1-2H3. The molecule has 4 nitrogen and oxygen atoms in total. The summed E-state index contributed by atoms with van der Waals surface area (Å²) in [7, 11) is 1.56. The molecule has 0 aliphatic rings. The second kappa shape index (κ2) is 5.72. The summed E-state index contributed by atoms with van der Waals surface area (Å²) in [4.78, 5) is 11.8. The van der Waals surface area contributed by atoms with Crippen molar-refractivity contribution in [3.05, 3.63) is 17.0 Å². The van der Waals surface area contributed by atoms with Crippen molar-refractivity contribution in [1.29, 1.82) is 0 Å². The van der Waals surface area contributed by atoms with Crippen LogP contribution in [-0.4, -0.2) is 24.8 Å². The Morgan fingerprint density at radius 3 is 2.87 bits per heavy atom. The molecule has 0 aliphatic heterocycles. The van der Waals surface area contributed by atoms with Gasteiger partial charge in [0.2, 0.25) is 0 Å². The summed E-state index contributed by atoms with van der Waals surface area (Å²) in [6, 6.07) is 3.50. The van der Waals surface area contributed by atoms with Crippen LogP contribution in [-0.2, 0) is 9.53 Å². The number of aliphatic hydroxyl groups is 1. The largest absolute Gasteiger partial charge is 0.487 e. The first-order valence-corrected chi connectivity index (χ1v) is 5.46. The molecule has 0 saturated heterocycles. The summed E-state index contributed by atoms with van der Waals surface area (Å²) in [5.41, 5.74) is 0. The zero-order valence-corrected chi connectivity index (χ0v) is 9.54. The Hall–Kier alpha value is -1.07. The lowest BCUT2D eigenvalue weighted by Crippen LogP contribution is -2.09. The minimum absolute atomic E-state index is 0.0164. The van der Waals surface area contributed by atoms with E-state index in [2.05, 4.69) is 0 Å². The molecule has 5 heteroatoms. The zero-order valence-electron chi connectivity index (χ0n) is 8.73. The van der Waals surface area contributed by atoms with E-state index >= 15 is 0 Å². The Morgan fingerprint density at radius 2 is 2.33 bits per heavy atom. The fraction of sp³-hybridized carbons (Fsp3) is 0.500. The average Bonchev–Trinajstić information content (AvgIpc) is 2.66. The number of ether oxygens (including phenoxy) is 2. The van der Waals surface area contributed by atoms with Gasteiger partial charge in [-0.05, 0) is 19.1 Å². The fourth-order valence-electron chi connectivity index (χ4n) is 1.10. The van der Waals surface area contributed by atoms with Crippen molar-refractivity contribution in [3.8, 4) is 5.06 Å². The number of hydrogen-bond donors (Lipinski definition) is 1. The SMILES string of the molecule is CCOC(=O)CC(O)c1ccc(OC)s1. The summed E-state index contributed by atoms with van der Waals surface area (Å²) >= 11 is 1.32. The molecule has 1 aromatic rings. The van der Waals surface area contributed by atoms with Gasteiger partial charge in [-0.2, -0.15) is 0 Å². The molecule has 0 saturated carbocycles. The first-order chi connectivity index (χ1) is 7.17. The van der Waals surface area contributed by atoms with Crippen LogP contribution in [0.1, 0.15) is 24.3 Å². The van der Waals surface area contributed by atoms with Gasteiger partial charge in [-0.25, -0.2) is 0 Å². The summed E-state index contributed by atoms with van der Waals surface area (Å²) in [5, 5.41) is 10.4. The summed E-state index contributed by atoms with van der Waals surface area (Å²) in [6.07, 6.45) is -0.824. The van der Waals surface area contributed by atoms with Crippen LogP contribution in [0.2, 0.25) is 0 Å². The average molecular weight is 230 g/mol. The number of rotatable bonds is 5. The molecule has 0 bridgehead atoms. The van der Waals surface area contributed by atoms with Crippen molar-refractivity contribution in [1.82, 2.24) is 0 Å². The molecular formula is C10H14O4S. The van der Waals surface area contributed by atoms with Gasteiger partial charge in [0.1, 0.15) is 0 Å². The molecule has 1 aromatic heterocycles. The molecule has 15 heavy (non-hydrogen) atoms. The number of methoxy groups -OCH3 is 1. The molecule has 1 heterocycles. The highest BCUT2D eigenvalue weighted by Crippen LogP contribution is 2.30. The maximum atomic E-state index is 11.1. The number of esters is 1. The van der Waals surface area contributed by atoms with Crippen LogP contribution in [0.5, 0.6) is 5.06 Å². The van der Waals surface area contributed by atoms with Crippen LogP contribution in [0.25, 0.3) is 0 Å². The van der Waals surface area contributed by atoms with Crippen LogP contribution in [0, 0.1) is 0 Å². The van der Waals surface area contributed by atoms with E-state index in [4.69, 9.17) is 9.47 Å². The molecular weight excluding hydrogens is 216 g/mol. The van der Waals surface area contributed by atoms with E-state index in [-0.39, 0.29) is 6.42 Å². The zero-order chi connectivity index (χ0) is 11.3. The van der Waals surface area contributed by atoms with Crippen molar-refractivity contribution in [2.75, 3.05) is 13.7 Å². The highest BCUT2D eigenvalue weighted by molar-refractivity contribution is 7.13. The third-order valence-corrected chi connectivity index (χ3v) is 2.94. The van der Waals surface area contributed by atoms with Gasteiger partial charge >= 0.3 is 5.97 Å². The van der Waals surface area contributed by atoms with E-state index in [1.54, 1.807) is 26.2 Å². The van der Waals surface area contributed by atoms with E-state index < -0.39 is 12.1 Å². The molecule has 1 rings (SSSR count). The molecule has 0 aromatic carbocycles. The summed E-state index contributed by atoms with van der Waals surface area (Å²) in [6.45, 7) is 2.07. The van der Waals surface area contributed by atoms with Crippen LogP contribution in [0.15, 0.2) is 12.1 Å². The molecule has 1 atom stereocenters. The normalized spacial score (nSPS) is 12.2. The summed E-state index contributed by atoms with van der Waals surface area (Å²) in [5.74, 6) is -0.391. The Labute approximate surface area is 92.4 Å². The van der Waals surface area contributed by atoms with E-state index in [0.717, 1.165) is 0 Å². The lowest BCUT2D eigenvalue weighted by atomic mass is 10.2. The minimum Gasteiger partial charge on any atom is -0.487 e. The molecule has 0 aliphatic carbocycles. The molecule has 1 N–H and O–H groups in total. The number of carbonyl (C=O) groups is 1. The molecule has 0 spiro atoms. The monoisotopic (exact) mass is 230 g/mol. The van der Waals surface area contributed by atoms with Crippen LogP contribution < -0.4 is 4.74 Å². The quantitative estimate of drug-likeness (QED) is 0.783. The molecule has 1 unspecified atom stereocenters. The van der Waals surface area contributed by atoms with E-state index in [1.165, 1.54) is 11.3 Å². The highest BCUT2D eigenvalue weighted by atomic mass is 32.1. The van der Waals surface area contributed by atoms with Crippen molar-refractivity contribution < 1.29 is 19.4 Å². The highest BCUT2D eigenvalue weighted by Gasteiger charge is 2.15. The van der Waals surface area contributed by atoms with Crippen LogP contribution in [0.3, 0.4) is 0 Å². The van der Waals surface area contributed by atoms with Crippen molar-refractivity contribution in [2.45, 2.75) is 19.4 Å². The van der Waals surface area contributed by atoms with Gasteiger partial charge in [-0.3, -0.25) is 4.79 Å².